The van der Waals surface area contributed by atoms with Crippen molar-refractivity contribution in [2.45, 2.75) is 19.1 Å². The Balaban J connectivity index is 2.97. The van der Waals surface area contributed by atoms with Gasteiger partial charge in [0.1, 0.15) is 17.7 Å². The summed E-state index contributed by atoms with van der Waals surface area (Å²) in [7, 11) is 0. The third kappa shape index (κ3) is 3.05. The van der Waals surface area contributed by atoms with E-state index in [-0.39, 0.29) is 12.4 Å². The largest absolute Gasteiger partial charge is 0.421 e. The third-order valence-electron chi connectivity index (χ3n) is 1.67. The van der Waals surface area contributed by atoms with E-state index >= 15 is 0 Å². The van der Waals surface area contributed by atoms with E-state index in [0.29, 0.717) is 6.20 Å². The van der Waals surface area contributed by atoms with Crippen molar-refractivity contribution in [2.75, 3.05) is 11.9 Å². The van der Waals surface area contributed by atoms with E-state index < -0.39 is 17.8 Å². The number of nitrogens with zero attached hydrogens (tertiary/aromatic N) is 2. The highest BCUT2D eigenvalue weighted by Gasteiger charge is 2.34. The normalized spacial score (nSPS) is 13.7. The maximum atomic E-state index is 12.4. The molecule has 0 aliphatic carbocycles. The molecule has 7 heteroatoms. The Morgan fingerprint density at radius 1 is 1.53 bits per heavy atom. The van der Waals surface area contributed by atoms with E-state index in [4.69, 9.17) is 5.11 Å². The lowest BCUT2D eigenvalue weighted by Gasteiger charge is -2.15. The summed E-state index contributed by atoms with van der Waals surface area (Å²) < 4.78 is 37.3. The Bertz CT molecular complexity index is 329. The predicted octanol–water partition coefficient (Wildman–Crippen LogP) is 1.29. The molecule has 0 aliphatic rings. The number of aliphatic hydroxyl groups excluding tert-OH is 1. The maximum absolute atomic E-state index is 12.4. The number of hydrogen-bond acceptors (Lipinski definition) is 4. The zero-order chi connectivity index (χ0) is 11.5. The molecule has 15 heavy (non-hydrogen) atoms. The van der Waals surface area contributed by atoms with Gasteiger partial charge in [0.2, 0.25) is 0 Å². The fourth-order valence-electron chi connectivity index (χ4n) is 0.931. The van der Waals surface area contributed by atoms with Crippen molar-refractivity contribution in [2.24, 2.45) is 0 Å². The van der Waals surface area contributed by atoms with Crippen molar-refractivity contribution < 1.29 is 18.3 Å². The molecule has 0 saturated heterocycles. The van der Waals surface area contributed by atoms with Crippen LogP contribution in [0, 0.1) is 0 Å². The van der Waals surface area contributed by atoms with Crippen LogP contribution in [-0.4, -0.2) is 27.7 Å². The van der Waals surface area contributed by atoms with Gasteiger partial charge in [-0.2, -0.15) is 13.2 Å². The number of halogens is 3. The lowest BCUT2D eigenvalue weighted by atomic mass is 10.2. The van der Waals surface area contributed by atoms with Gasteiger partial charge in [-0.25, -0.2) is 9.97 Å². The van der Waals surface area contributed by atoms with Gasteiger partial charge in [-0.3, -0.25) is 0 Å². The number of hydrogen-bond donors (Lipinski definition) is 2. The number of alkyl halides is 3. The molecule has 1 heterocycles. The SMILES string of the molecule is CC(CO)Nc1ncncc1C(F)(F)F. The van der Waals surface area contributed by atoms with Crippen LogP contribution >= 0.6 is 0 Å². The van der Waals surface area contributed by atoms with Crippen LogP contribution in [0.25, 0.3) is 0 Å². The molecule has 1 atom stereocenters. The number of anilines is 1. The zero-order valence-corrected chi connectivity index (χ0v) is 7.91. The number of nitrogens with one attached hydrogen (secondary N) is 1. The highest BCUT2D eigenvalue weighted by atomic mass is 19.4. The Labute approximate surface area is 84.2 Å². The topological polar surface area (TPSA) is 58.0 Å². The fraction of sp³-hybridized carbons (Fsp3) is 0.500. The molecule has 1 aromatic heterocycles. The molecule has 0 aromatic carbocycles. The first-order valence-corrected chi connectivity index (χ1v) is 4.19. The van der Waals surface area contributed by atoms with E-state index in [9.17, 15) is 13.2 Å². The molecular weight excluding hydrogens is 211 g/mol. The molecule has 0 fully saturated rings. The molecule has 1 unspecified atom stereocenters. The van der Waals surface area contributed by atoms with Gasteiger partial charge in [0.25, 0.3) is 0 Å². The molecule has 0 amide bonds. The molecule has 0 bridgehead atoms. The fourth-order valence-corrected chi connectivity index (χ4v) is 0.931. The van der Waals surface area contributed by atoms with Crippen LogP contribution in [-0.2, 0) is 6.18 Å². The minimum absolute atomic E-state index is 0.276. The van der Waals surface area contributed by atoms with E-state index in [0.717, 1.165) is 6.33 Å². The first-order chi connectivity index (χ1) is 6.95. The highest BCUT2D eigenvalue weighted by molar-refractivity contribution is 5.44. The van der Waals surface area contributed by atoms with E-state index in [1.807, 2.05) is 0 Å². The molecule has 2 N–H and O–H groups in total. The van der Waals surface area contributed by atoms with Gasteiger partial charge in [-0.1, -0.05) is 0 Å². The van der Waals surface area contributed by atoms with E-state index in [1.54, 1.807) is 6.92 Å². The summed E-state index contributed by atoms with van der Waals surface area (Å²) >= 11 is 0. The smallest absolute Gasteiger partial charge is 0.394 e. The van der Waals surface area contributed by atoms with Crippen molar-refractivity contribution in [1.29, 1.82) is 0 Å². The number of rotatable bonds is 3. The van der Waals surface area contributed by atoms with Crippen LogP contribution in [0.3, 0.4) is 0 Å². The van der Waals surface area contributed by atoms with Gasteiger partial charge in [-0.05, 0) is 6.92 Å². The summed E-state index contributed by atoms with van der Waals surface area (Å²) in [6.45, 7) is 1.27. The predicted molar refractivity (Wildman–Crippen MR) is 47.2 cm³/mol. The number of aliphatic hydroxyl groups is 1. The molecule has 0 spiro atoms. The number of aromatic nitrogens is 2. The summed E-state index contributed by atoms with van der Waals surface area (Å²) in [4.78, 5) is 6.79. The van der Waals surface area contributed by atoms with Gasteiger partial charge in [0.15, 0.2) is 0 Å². The van der Waals surface area contributed by atoms with Gasteiger partial charge < -0.3 is 10.4 Å². The molecular formula is C8H10F3N3O. The standard InChI is InChI=1S/C8H10F3N3O/c1-5(3-15)14-7-6(8(9,10)11)2-12-4-13-7/h2,4-5,15H,3H2,1H3,(H,12,13,14). The lowest BCUT2D eigenvalue weighted by molar-refractivity contribution is -0.137. The van der Waals surface area contributed by atoms with Crippen LogP contribution < -0.4 is 5.32 Å². The summed E-state index contributed by atoms with van der Waals surface area (Å²) in [5.74, 6) is -0.320. The first-order valence-electron chi connectivity index (χ1n) is 4.19. The quantitative estimate of drug-likeness (QED) is 0.807. The second kappa shape index (κ2) is 4.43. The van der Waals surface area contributed by atoms with E-state index in [2.05, 4.69) is 15.3 Å². The summed E-state index contributed by atoms with van der Waals surface area (Å²) in [6.07, 6.45) is -2.79. The Morgan fingerprint density at radius 3 is 2.73 bits per heavy atom. The molecule has 1 rings (SSSR count). The monoisotopic (exact) mass is 221 g/mol. The second-order valence-electron chi connectivity index (χ2n) is 3.01. The molecule has 0 radical (unpaired) electrons. The van der Waals surface area contributed by atoms with Crippen molar-refractivity contribution in [3.8, 4) is 0 Å². The van der Waals surface area contributed by atoms with Gasteiger partial charge in [-0.15, -0.1) is 0 Å². The van der Waals surface area contributed by atoms with Gasteiger partial charge in [0, 0.05) is 12.2 Å². The van der Waals surface area contributed by atoms with Crippen LogP contribution in [0.2, 0.25) is 0 Å². The molecule has 1 aromatic rings. The summed E-state index contributed by atoms with van der Waals surface area (Å²) in [5.41, 5.74) is -0.940. The van der Waals surface area contributed by atoms with Crippen molar-refractivity contribution in [3.05, 3.63) is 18.1 Å². The molecule has 0 aliphatic heterocycles. The lowest BCUT2D eigenvalue weighted by Crippen LogP contribution is -2.23. The van der Waals surface area contributed by atoms with E-state index in [1.165, 1.54) is 0 Å². The summed E-state index contributed by atoms with van der Waals surface area (Å²) in [6, 6.07) is -0.499. The first kappa shape index (κ1) is 11.7. The van der Waals surface area contributed by atoms with Crippen LogP contribution in [0.5, 0.6) is 0 Å². The van der Waals surface area contributed by atoms with Crippen LogP contribution in [0.15, 0.2) is 12.5 Å². The average Bonchev–Trinajstić information content (AvgIpc) is 2.17. The summed E-state index contributed by atoms with van der Waals surface area (Å²) in [5, 5.41) is 11.1. The van der Waals surface area contributed by atoms with Crippen molar-refractivity contribution >= 4 is 5.82 Å². The van der Waals surface area contributed by atoms with Crippen molar-refractivity contribution in [1.82, 2.24) is 9.97 Å². The Morgan fingerprint density at radius 2 is 2.20 bits per heavy atom. The van der Waals surface area contributed by atoms with Crippen LogP contribution in [0.4, 0.5) is 19.0 Å². The second-order valence-corrected chi connectivity index (χ2v) is 3.01. The van der Waals surface area contributed by atoms with Crippen LogP contribution in [0.1, 0.15) is 12.5 Å². The minimum atomic E-state index is -4.50. The zero-order valence-electron chi connectivity index (χ0n) is 7.91. The van der Waals surface area contributed by atoms with Gasteiger partial charge in [0.05, 0.1) is 6.61 Å². The molecule has 0 saturated carbocycles. The Kier molecular flexibility index (Phi) is 3.46. The minimum Gasteiger partial charge on any atom is -0.394 e. The van der Waals surface area contributed by atoms with Gasteiger partial charge >= 0.3 is 6.18 Å². The third-order valence-corrected chi connectivity index (χ3v) is 1.67. The molecule has 4 nitrogen and oxygen atoms in total. The highest BCUT2D eigenvalue weighted by Crippen LogP contribution is 2.32. The van der Waals surface area contributed by atoms with Crippen molar-refractivity contribution in [3.63, 3.8) is 0 Å². The molecule has 84 valence electrons. The maximum Gasteiger partial charge on any atom is 0.421 e. The average molecular weight is 221 g/mol. The Hall–Kier alpha value is -1.37.